The molecular formula is C65H41F3N4. The summed E-state index contributed by atoms with van der Waals surface area (Å²) in [4.78, 5) is 10.5. The predicted molar refractivity (Wildman–Crippen MR) is 288 cm³/mol. The Morgan fingerprint density at radius 1 is 0.306 bits per heavy atom. The second-order valence-corrected chi connectivity index (χ2v) is 18.1. The molecule has 0 amide bonds. The number of nitrogens with zero attached hydrogens (tertiary/aromatic N) is 4. The van der Waals surface area contributed by atoms with Crippen molar-refractivity contribution in [1.82, 2.24) is 19.1 Å². The van der Waals surface area contributed by atoms with E-state index in [1.807, 2.05) is 152 Å². The Labute approximate surface area is 413 Å². The zero-order valence-electron chi connectivity index (χ0n) is 38.6. The Morgan fingerprint density at radius 2 is 0.764 bits per heavy atom. The molecule has 0 saturated heterocycles. The molecule has 10 aromatic carbocycles. The van der Waals surface area contributed by atoms with Crippen LogP contribution in [0, 0.1) is 0 Å². The molecule has 7 heteroatoms. The fourth-order valence-corrected chi connectivity index (χ4v) is 10.4. The van der Waals surface area contributed by atoms with Gasteiger partial charge in [-0.05, 0) is 107 Å². The molecule has 0 N–H and O–H groups in total. The fourth-order valence-electron chi connectivity index (χ4n) is 10.4. The van der Waals surface area contributed by atoms with Crippen molar-refractivity contribution in [2.24, 2.45) is 0 Å². The van der Waals surface area contributed by atoms with Gasteiger partial charge in [0.15, 0.2) is 5.82 Å². The summed E-state index contributed by atoms with van der Waals surface area (Å²) in [7, 11) is 0. The van der Waals surface area contributed by atoms with E-state index in [0.29, 0.717) is 39.6 Å². The lowest BCUT2D eigenvalue weighted by Crippen LogP contribution is -2.08. The van der Waals surface area contributed by atoms with Crippen molar-refractivity contribution < 1.29 is 13.2 Å². The van der Waals surface area contributed by atoms with E-state index in [2.05, 4.69) is 88.0 Å². The van der Waals surface area contributed by atoms with E-state index >= 15 is 13.2 Å². The predicted octanol–water partition coefficient (Wildman–Crippen LogP) is 17.7. The van der Waals surface area contributed by atoms with Crippen LogP contribution in [0.25, 0.3) is 122 Å². The number of hydrogen-bond acceptors (Lipinski definition) is 2. The lowest BCUT2D eigenvalue weighted by molar-refractivity contribution is -0.137. The molecule has 0 atom stereocenters. The topological polar surface area (TPSA) is 35.6 Å². The quantitative estimate of drug-likeness (QED) is 0.152. The van der Waals surface area contributed by atoms with Crippen LogP contribution >= 0.6 is 0 Å². The van der Waals surface area contributed by atoms with Gasteiger partial charge >= 0.3 is 6.18 Å². The lowest BCUT2D eigenvalue weighted by Gasteiger charge is -2.20. The third-order valence-corrected chi connectivity index (χ3v) is 13.8. The van der Waals surface area contributed by atoms with Gasteiger partial charge in [-0.15, -0.1) is 0 Å². The molecule has 0 aliphatic heterocycles. The highest BCUT2D eigenvalue weighted by Crippen LogP contribution is 2.45. The Morgan fingerprint density at radius 3 is 1.29 bits per heavy atom. The molecule has 0 fully saturated rings. The summed E-state index contributed by atoms with van der Waals surface area (Å²) < 4.78 is 50.4. The van der Waals surface area contributed by atoms with Crippen molar-refractivity contribution in [3.05, 3.63) is 254 Å². The molecule has 0 aliphatic rings. The Balaban J connectivity index is 1.12. The highest BCUT2D eigenvalue weighted by molar-refractivity contribution is 6.12. The lowest BCUT2D eigenvalue weighted by atomic mass is 9.94. The summed E-state index contributed by atoms with van der Waals surface area (Å²) in [6.07, 6.45) is -4.65. The maximum atomic E-state index is 15.3. The smallest absolute Gasteiger partial charge is 0.309 e. The van der Waals surface area contributed by atoms with E-state index in [1.165, 1.54) is 12.1 Å². The molecule has 0 unspecified atom stereocenters. The van der Waals surface area contributed by atoms with Gasteiger partial charge < -0.3 is 9.13 Å². The van der Waals surface area contributed by atoms with Crippen LogP contribution in [0.4, 0.5) is 13.2 Å². The second kappa shape index (κ2) is 17.3. The molecule has 342 valence electrons. The zero-order chi connectivity index (χ0) is 48.3. The van der Waals surface area contributed by atoms with Crippen LogP contribution in [0.2, 0.25) is 0 Å². The van der Waals surface area contributed by atoms with E-state index in [0.717, 1.165) is 82.7 Å². The van der Waals surface area contributed by atoms with Gasteiger partial charge in [-0.2, -0.15) is 13.2 Å². The van der Waals surface area contributed by atoms with Crippen LogP contribution in [-0.2, 0) is 6.18 Å². The molecule has 0 saturated carbocycles. The van der Waals surface area contributed by atoms with E-state index in [9.17, 15) is 0 Å². The standard InChI is InChI=1S/C65H41F3N4/c66-65(67,68)48-31-36-63(72-60-28-16-14-26-51(60)55-38-47(30-35-62(55)72)43-19-7-2-8-20-43)56(39-48)53-40-49(71-59-27-15-13-25-50(59)54-37-46(29-34-61(54)71)42-17-5-1-6-18-42)32-33-52(53)64-69-57(44-21-9-3-10-22-44)41-58(70-64)45-23-11-4-12-24-45/h1-41H. The van der Waals surface area contributed by atoms with Gasteiger partial charge in [0.2, 0.25) is 0 Å². The van der Waals surface area contributed by atoms with Crippen LogP contribution in [0.5, 0.6) is 0 Å². The van der Waals surface area contributed by atoms with Crippen molar-refractivity contribution in [1.29, 1.82) is 0 Å². The number of alkyl halides is 3. The molecule has 0 spiro atoms. The highest BCUT2D eigenvalue weighted by Gasteiger charge is 2.32. The van der Waals surface area contributed by atoms with E-state index in [1.54, 1.807) is 6.07 Å². The number of benzene rings is 10. The first-order valence-electron chi connectivity index (χ1n) is 23.9. The maximum absolute atomic E-state index is 15.3. The SMILES string of the molecule is FC(F)(F)c1ccc(-n2c3ccccc3c3cc(-c4ccccc4)ccc32)c(-c2cc(-n3c4ccccc4c4cc(-c5ccccc5)ccc43)ccc2-c2nc(-c3ccccc3)cc(-c3ccccc3)n2)c1. The monoisotopic (exact) mass is 934 g/mol. The molecule has 3 heterocycles. The molecule has 72 heavy (non-hydrogen) atoms. The molecule has 13 aromatic rings. The zero-order valence-corrected chi connectivity index (χ0v) is 38.6. The van der Waals surface area contributed by atoms with Gasteiger partial charge in [0.05, 0.1) is 44.7 Å². The second-order valence-electron chi connectivity index (χ2n) is 18.1. The van der Waals surface area contributed by atoms with Crippen LogP contribution in [0.1, 0.15) is 5.56 Å². The van der Waals surface area contributed by atoms with Crippen LogP contribution in [0.3, 0.4) is 0 Å². The Bertz CT molecular complexity index is 4120. The summed E-state index contributed by atoms with van der Waals surface area (Å²) in [5.41, 5.74) is 13.2. The van der Waals surface area contributed by atoms with Crippen molar-refractivity contribution in [2.45, 2.75) is 6.18 Å². The minimum Gasteiger partial charge on any atom is -0.309 e. The molecule has 3 aromatic heterocycles. The maximum Gasteiger partial charge on any atom is 0.416 e. The number of rotatable bonds is 8. The van der Waals surface area contributed by atoms with Crippen molar-refractivity contribution in [3.8, 4) is 78.7 Å². The Kier molecular flexibility index (Phi) is 10.2. The molecule has 0 aliphatic carbocycles. The van der Waals surface area contributed by atoms with E-state index in [-0.39, 0.29) is 0 Å². The first-order chi connectivity index (χ1) is 35.3. The van der Waals surface area contributed by atoms with Gasteiger partial charge in [0.1, 0.15) is 0 Å². The summed E-state index contributed by atoms with van der Waals surface area (Å²) >= 11 is 0. The van der Waals surface area contributed by atoms with Crippen molar-refractivity contribution >= 4 is 43.6 Å². The largest absolute Gasteiger partial charge is 0.416 e. The van der Waals surface area contributed by atoms with Crippen LogP contribution in [0.15, 0.2) is 249 Å². The van der Waals surface area contributed by atoms with Gasteiger partial charge in [-0.25, -0.2) is 9.97 Å². The highest BCUT2D eigenvalue weighted by atomic mass is 19.4. The molecule has 13 rings (SSSR count). The summed E-state index contributed by atoms with van der Waals surface area (Å²) in [5, 5.41) is 4.08. The number of aromatic nitrogens is 4. The average Bonchev–Trinajstić information content (AvgIpc) is 3.95. The minimum atomic E-state index is -4.65. The normalized spacial score (nSPS) is 11.8. The first kappa shape index (κ1) is 42.7. The van der Waals surface area contributed by atoms with Crippen LogP contribution in [-0.4, -0.2) is 19.1 Å². The third-order valence-electron chi connectivity index (χ3n) is 13.8. The average molecular weight is 935 g/mol. The van der Waals surface area contributed by atoms with Gasteiger partial charge in [-0.3, -0.25) is 0 Å². The molecule has 4 nitrogen and oxygen atoms in total. The number of para-hydroxylation sites is 2. The first-order valence-corrected chi connectivity index (χ1v) is 23.9. The number of fused-ring (bicyclic) bond motifs is 6. The van der Waals surface area contributed by atoms with E-state index in [4.69, 9.17) is 9.97 Å². The van der Waals surface area contributed by atoms with Crippen LogP contribution < -0.4 is 0 Å². The van der Waals surface area contributed by atoms with Crippen molar-refractivity contribution in [3.63, 3.8) is 0 Å². The molecule has 0 bridgehead atoms. The number of hydrogen-bond donors (Lipinski definition) is 0. The summed E-state index contributed by atoms with van der Waals surface area (Å²) in [6, 6.07) is 81.7. The van der Waals surface area contributed by atoms with Crippen molar-refractivity contribution in [2.75, 3.05) is 0 Å². The van der Waals surface area contributed by atoms with E-state index < -0.39 is 11.7 Å². The summed E-state index contributed by atoms with van der Waals surface area (Å²) in [6.45, 7) is 0. The van der Waals surface area contributed by atoms with Gasteiger partial charge in [0.25, 0.3) is 0 Å². The van der Waals surface area contributed by atoms with Gasteiger partial charge in [-0.1, -0.05) is 170 Å². The molecular weight excluding hydrogens is 894 g/mol. The fraction of sp³-hybridized carbons (Fsp3) is 0.0154. The minimum absolute atomic E-state index is 0.374. The summed E-state index contributed by atoms with van der Waals surface area (Å²) in [5.74, 6) is 0.379. The van der Waals surface area contributed by atoms with Gasteiger partial charge in [0, 0.05) is 49.5 Å². The number of halogens is 3. The third kappa shape index (κ3) is 7.42. The Hall–Kier alpha value is -9.33. The molecule has 0 radical (unpaired) electrons.